The van der Waals surface area contributed by atoms with Gasteiger partial charge in [-0.1, -0.05) is 199 Å². The molecule has 0 radical (unpaired) electrons. The number of phosphoric acid groups is 1. The fourth-order valence-electron chi connectivity index (χ4n) is 7.15. The van der Waals surface area contributed by atoms with Crippen molar-refractivity contribution in [1.82, 2.24) is 5.32 Å². The van der Waals surface area contributed by atoms with Gasteiger partial charge >= 0.3 is 0 Å². The number of carbonyl (C=O) groups excluding carboxylic acids is 1. The number of nitrogens with one attached hydrogen (secondary N) is 1. The summed E-state index contributed by atoms with van der Waals surface area (Å²) < 4.78 is 23.3. The van der Waals surface area contributed by atoms with Crippen molar-refractivity contribution in [1.29, 1.82) is 0 Å². The van der Waals surface area contributed by atoms with Crippen molar-refractivity contribution in [2.24, 2.45) is 0 Å². The summed E-state index contributed by atoms with van der Waals surface area (Å²) in [6, 6.07) is -0.811. The fraction of sp³-hybridized carbons (Fsp3) is 0.936. The molecule has 3 atom stereocenters. The Kier molecular flexibility index (Phi) is 39.1. The van der Waals surface area contributed by atoms with E-state index < -0.39 is 20.0 Å². The standard InChI is InChI=1S/C47H95N2O6P/c1-6-8-10-12-14-16-18-20-22-23-24-25-26-27-29-31-33-35-37-39-41-47(51)48-45(44-55-56(52,53)54-43-42-49(3,4)5)46(50)40-38-36-34-32-30-28-21-19-17-15-13-11-9-7-2/h30,32,45-46,50H,6-29,31,33-44H2,1-5H3,(H-,48,51,52,53)/b32-30+/t45-,46+/m0/s1. The van der Waals surface area contributed by atoms with Crippen molar-refractivity contribution in [2.45, 2.75) is 244 Å². The minimum atomic E-state index is -4.57. The number of unbranched alkanes of at least 4 members (excludes halogenated alkanes) is 29. The topological polar surface area (TPSA) is 108 Å². The maximum Gasteiger partial charge on any atom is 0.268 e. The van der Waals surface area contributed by atoms with Gasteiger partial charge < -0.3 is 28.8 Å². The zero-order chi connectivity index (χ0) is 41.4. The van der Waals surface area contributed by atoms with Gasteiger partial charge in [0.05, 0.1) is 39.9 Å². The minimum absolute atomic E-state index is 0.00978. The molecule has 0 aromatic rings. The molecular weight excluding hydrogens is 719 g/mol. The van der Waals surface area contributed by atoms with Gasteiger partial charge in [-0.15, -0.1) is 0 Å². The van der Waals surface area contributed by atoms with Crippen LogP contribution in [0, 0.1) is 0 Å². The van der Waals surface area contributed by atoms with Gasteiger partial charge in [-0.3, -0.25) is 9.36 Å². The molecule has 0 bridgehead atoms. The smallest absolute Gasteiger partial charge is 0.268 e. The second-order valence-electron chi connectivity index (χ2n) is 17.8. The maximum absolute atomic E-state index is 12.9. The summed E-state index contributed by atoms with van der Waals surface area (Å²) in [5.41, 5.74) is 0. The van der Waals surface area contributed by atoms with Crippen molar-refractivity contribution in [3.63, 3.8) is 0 Å². The van der Waals surface area contributed by atoms with Crippen molar-refractivity contribution >= 4 is 13.7 Å². The van der Waals surface area contributed by atoms with Crippen molar-refractivity contribution in [3.05, 3.63) is 12.2 Å². The number of aliphatic hydroxyl groups is 1. The van der Waals surface area contributed by atoms with Crippen LogP contribution in [0.3, 0.4) is 0 Å². The Morgan fingerprint density at radius 1 is 0.607 bits per heavy atom. The lowest BCUT2D eigenvalue weighted by atomic mass is 10.0. The van der Waals surface area contributed by atoms with Crippen molar-refractivity contribution < 1.29 is 32.9 Å². The lowest BCUT2D eigenvalue weighted by Gasteiger charge is -2.30. The van der Waals surface area contributed by atoms with Gasteiger partial charge in [0.25, 0.3) is 7.82 Å². The highest BCUT2D eigenvalue weighted by Gasteiger charge is 2.24. The molecule has 0 rings (SSSR count). The molecule has 0 saturated carbocycles. The number of nitrogens with zero attached hydrogens (tertiary/aromatic N) is 1. The number of carbonyl (C=O) groups is 1. The first-order valence-corrected chi connectivity index (χ1v) is 25.5. The largest absolute Gasteiger partial charge is 0.756 e. The molecule has 9 heteroatoms. The molecule has 0 saturated heterocycles. The SMILES string of the molecule is CCCCCCCCCC/C=C/CCCC[C@@H](O)[C@H](COP(=O)([O-])OCC[N+](C)(C)C)NC(=O)CCCCCCCCCCCCCCCCCCCCCC. The molecule has 0 aliphatic rings. The van der Waals surface area contributed by atoms with Crippen LogP contribution in [0.1, 0.15) is 232 Å². The number of hydrogen-bond donors (Lipinski definition) is 2. The predicted octanol–water partition coefficient (Wildman–Crippen LogP) is 12.9. The number of phosphoric ester groups is 1. The number of quaternary nitrogens is 1. The van der Waals surface area contributed by atoms with E-state index in [-0.39, 0.29) is 19.1 Å². The Morgan fingerprint density at radius 2 is 0.982 bits per heavy atom. The zero-order valence-corrected chi connectivity index (χ0v) is 38.7. The van der Waals surface area contributed by atoms with Crippen LogP contribution >= 0.6 is 7.82 Å². The average Bonchev–Trinajstić information content (AvgIpc) is 3.15. The number of aliphatic hydroxyl groups excluding tert-OH is 1. The molecule has 0 spiro atoms. The lowest BCUT2D eigenvalue weighted by Crippen LogP contribution is -2.46. The van der Waals surface area contributed by atoms with Gasteiger partial charge in [-0.2, -0.15) is 0 Å². The summed E-state index contributed by atoms with van der Waals surface area (Å²) in [4.78, 5) is 25.4. The first-order chi connectivity index (χ1) is 27.0. The van der Waals surface area contributed by atoms with Crippen LogP contribution in [-0.4, -0.2) is 68.5 Å². The van der Waals surface area contributed by atoms with E-state index in [2.05, 4.69) is 31.3 Å². The lowest BCUT2D eigenvalue weighted by molar-refractivity contribution is -0.870. The second-order valence-corrected chi connectivity index (χ2v) is 19.2. The van der Waals surface area contributed by atoms with Gasteiger partial charge in [0.15, 0.2) is 0 Å². The predicted molar refractivity (Wildman–Crippen MR) is 238 cm³/mol. The summed E-state index contributed by atoms with van der Waals surface area (Å²) >= 11 is 0. The average molecular weight is 815 g/mol. The molecule has 2 N–H and O–H groups in total. The monoisotopic (exact) mass is 815 g/mol. The van der Waals surface area contributed by atoms with Gasteiger partial charge in [0.1, 0.15) is 13.2 Å². The number of hydrogen-bond acceptors (Lipinski definition) is 6. The van der Waals surface area contributed by atoms with E-state index in [0.717, 1.165) is 44.9 Å². The van der Waals surface area contributed by atoms with Crippen molar-refractivity contribution in [3.8, 4) is 0 Å². The molecule has 0 heterocycles. The highest BCUT2D eigenvalue weighted by molar-refractivity contribution is 7.45. The number of rotatable bonds is 44. The van der Waals surface area contributed by atoms with E-state index in [1.807, 2.05) is 21.1 Å². The van der Waals surface area contributed by atoms with E-state index in [4.69, 9.17) is 9.05 Å². The third-order valence-corrected chi connectivity index (χ3v) is 12.0. The molecule has 0 aromatic carbocycles. The van der Waals surface area contributed by atoms with Gasteiger partial charge in [0, 0.05) is 6.42 Å². The molecule has 1 unspecified atom stereocenters. The Labute approximate surface area is 348 Å². The van der Waals surface area contributed by atoms with Gasteiger partial charge in [-0.25, -0.2) is 0 Å². The summed E-state index contributed by atoms with van der Waals surface area (Å²) in [7, 11) is 1.30. The summed E-state index contributed by atoms with van der Waals surface area (Å²) in [6.45, 7) is 4.72. The Balaban J connectivity index is 4.28. The number of allylic oxidation sites excluding steroid dienone is 2. The second kappa shape index (κ2) is 39.7. The highest BCUT2D eigenvalue weighted by Crippen LogP contribution is 2.38. The molecule has 0 aliphatic carbocycles. The molecular formula is C47H95N2O6P. The molecule has 8 nitrogen and oxygen atoms in total. The molecule has 0 aliphatic heterocycles. The zero-order valence-electron chi connectivity index (χ0n) is 37.9. The van der Waals surface area contributed by atoms with E-state index in [1.165, 1.54) is 161 Å². The number of likely N-dealkylation sites (N-methyl/N-ethyl adjacent to an activating group) is 1. The normalized spacial score (nSPS) is 14.3. The quantitative estimate of drug-likeness (QED) is 0.0274. The van der Waals surface area contributed by atoms with Gasteiger partial charge in [-0.05, 0) is 38.5 Å². The Morgan fingerprint density at radius 3 is 1.39 bits per heavy atom. The molecule has 56 heavy (non-hydrogen) atoms. The highest BCUT2D eigenvalue weighted by atomic mass is 31.2. The molecule has 334 valence electrons. The van der Waals surface area contributed by atoms with E-state index in [1.54, 1.807) is 0 Å². The first-order valence-electron chi connectivity index (χ1n) is 24.0. The van der Waals surface area contributed by atoms with Gasteiger partial charge in [0.2, 0.25) is 5.91 Å². The summed E-state index contributed by atoms with van der Waals surface area (Å²) in [5, 5.41) is 13.9. The van der Waals surface area contributed by atoms with Crippen LogP contribution in [0.4, 0.5) is 0 Å². The van der Waals surface area contributed by atoms with Crippen LogP contribution in [0.2, 0.25) is 0 Å². The number of amides is 1. The third kappa shape index (κ3) is 41.4. The van der Waals surface area contributed by atoms with Crippen LogP contribution in [0.5, 0.6) is 0 Å². The van der Waals surface area contributed by atoms with Crippen molar-refractivity contribution in [2.75, 3.05) is 40.9 Å². The molecule has 0 aromatic heterocycles. The minimum Gasteiger partial charge on any atom is -0.756 e. The fourth-order valence-corrected chi connectivity index (χ4v) is 7.88. The van der Waals surface area contributed by atoms with Crippen LogP contribution in [-0.2, 0) is 18.4 Å². The van der Waals surface area contributed by atoms with Crippen LogP contribution < -0.4 is 10.2 Å². The van der Waals surface area contributed by atoms with E-state index in [9.17, 15) is 19.4 Å². The maximum atomic E-state index is 12.9. The molecule has 0 fully saturated rings. The van der Waals surface area contributed by atoms with E-state index in [0.29, 0.717) is 23.9 Å². The van der Waals surface area contributed by atoms with Crippen LogP contribution in [0.15, 0.2) is 12.2 Å². The first kappa shape index (κ1) is 55.2. The van der Waals surface area contributed by atoms with Crippen LogP contribution in [0.25, 0.3) is 0 Å². The summed E-state index contributed by atoms with van der Waals surface area (Å²) in [5.74, 6) is -0.171. The molecule has 1 amide bonds. The Hall–Kier alpha value is -0.760. The summed E-state index contributed by atoms with van der Waals surface area (Å²) in [6.07, 6.45) is 45.1. The van der Waals surface area contributed by atoms with E-state index >= 15 is 0 Å². The Bertz CT molecular complexity index is 927. The third-order valence-electron chi connectivity index (χ3n) is 11.0.